The molecule has 16 heteroatoms. The number of aliphatic carboxylic acids is 3. The molecule has 0 radical (unpaired) electrons. The Morgan fingerprint density at radius 2 is 1.00 bits per heavy atom. The van der Waals surface area contributed by atoms with Crippen molar-refractivity contribution in [2.45, 2.75) is 31.4 Å². The lowest BCUT2D eigenvalue weighted by atomic mass is 10.0. The molecule has 50 heavy (non-hydrogen) atoms. The summed E-state index contributed by atoms with van der Waals surface area (Å²) in [6.07, 6.45) is -0.938. The van der Waals surface area contributed by atoms with Crippen molar-refractivity contribution < 1.29 is 72.5 Å². The summed E-state index contributed by atoms with van der Waals surface area (Å²) in [4.78, 5) is 57.4. The Labute approximate surface area is 289 Å². The molecular formula is C34H45NO15. The van der Waals surface area contributed by atoms with Crippen molar-refractivity contribution in [3.05, 3.63) is 60.2 Å². The third-order valence-electron chi connectivity index (χ3n) is 6.58. The molecular weight excluding hydrogens is 662 g/mol. The fourth-order valence-electron chi connectivity index (χ4n) is 4.13. The van der Waals surface area contributed by atoms with Crippen molar-refractivity contribution in [3.63, 3.8) is 0 Å². The molecule has 0 spiro atoms. The van der Waals surface area contributed by atoms with Crippen LogP contribution in [-0.2, 0) is 63.7 Å². The topological polar surface area (TPSA) is 223 Å². The summed E-state index contributed by atoms with van der Waals surface area (Å²) in [6.45, 7) is -1.53. The second-order valence-electron chi connectivity index (χ2n) is 10.9. The Bertz CT molecular complexity index is 1250. The highest BCUT2D eigenvalue weighted by atomic mass is 16.6. The van der Waals surface area contributed by atoms with Crippen molar-refractivity contribution in [3.8, 4) is 11.1 Å². The Morgan fingerprint density at radius 3 is 1.50 bits per heavy atom. The van der Waals surface area contributed by atoms with Crippen LogP contribution in [-0.4, -0.2) is 130 Å². The number of esters is 1. The SMILES string of the molecule is O=C(O)CCOCC(COCCC(=O)O)(COCCC(=O)O)NC(=O)COCCOCCOCC(=O)OCc1ccc(-c2ccccc2)cc1. The first kappa shape index (κ1) is 41.7. The largest absolute Gasteiger partial charge is 0.481 e. The molecule has 0 saturated heterocycles. The summed E-state index contributed by atoms with van der Waals surface area (Å²) in [6, 6.07) is 17.6. The van der Waals surface area contributed by atoms with Crippen LogP contribution in [0.5, 0.6) is 0 Å². The molecule has 4 N–H and O–H groups in total. The highest BCUT2D eigenvalue weighted by molar-refractivity contribution is 5.78. The number of ether oxygens (including phenoxy) is 7. The van der Waals surface area contributed by atoms with E-state index in [4.69, 9.17) is 48.5 Å². The van der Waals surface area contributed by atoms with E-state index in [1.165, 1.54) is 0 Å². The van der Waals surface area contributed by atoms with Gasteiger partial charge in [0.2, 0.25) is 5.91 Å². The summed E-state index contributed by atoms with van der Waals surface area (Å²) in [5, 5.41) is 29.3. The van der Waals surface area contributed by atoms with Crippen LogP contribution in [0.2, 0.25) is 0 Å². The number of hydrogen-bond acceptors (Lipinski definition) is 12. The number of carbonyl (C=O) groups is 5. The second kappa shape index (κ2) is 24.6. The third-order valence-corrected chi connectivity index (χ3v) is 6.58. The zero-order valence-electron chi connectivity index (χ0n) is 27.8. The van der Waals surface area contributed by atoms with Crippen LogP contribution in [0.15, 0.2) is 54.6 Å². The summed E-state index contributed by atoms with van der Waals surface area (Å²) in [5.41, 5.74) is 1.59. The predicted molar refractivity (Wildman–Crippen MR) is 174 cm³/mol. The van der Waals surface area contributed by atoms with Crippen molar-refractivity contribution in [1.82, 2.24) is 5.32 Å². The second-order valence-corrected chi connectivity index (χ2v) is 10.9. The van der Waals surface area contributed by atoms with Gasteiger partial charge in [0.25, 0.3) is 0 Å². The smallest absolute Gasteiger partial charge is 0.332 e. The van der Waals surface area contributed by atoms with E-state index in [2.05, 4.69) is 5.32 Å². The molecule has 0 aromatic heterocycles. The molecule has 0 saturated carbocycles. The molecule has 0 aliphatic rings. The average Bonchev–Trinajstić information content (AvgIpc) is 3.09. The van der Waals surface area contributed by atoms with E-state index in [9.17, 15) is 24.0 Å². The van der Waals surface area contributed by atoms with Gasteiger partial charge in [-0.05, 0) is 16.7 Å². The van der Waals surface area contributed by atoms with Gasteiger partial charge < -0.3 is 53.8 Å². The molecule has 1 amide bonds. The number of benzene rings is 2. The first-order valence-corrected chi connectivity index (χ1v) is 15.8. The van der Waals surface area contributed by atoms with E-state index in [-0.39, 0.29) is 98.5 Å². The van der Waals surface area contributed by atoms with Gasteiger partial charge >= 0.3 is 23.9 Å². The number of carboxylic acid groups (broad SMARTS) is 3. The van der Waals surface area contributed by atoms with Crippen molar-refractivity contribution in [2.24, 2.45) is 0 Å². The lowest BCUT2D eigenvalue weighted by Gasteiger charge is -2.34. The molecule has 0 atom stereocenters. The van der Waals surface area contributed by atoms with E-state index in [1.807, 2.05) is 54.6 Å². The monoisotopic (exact) mass is 707 g/mol. The summed E-state index contributed by atoms with van der Waals surface area (Å²) >= 11 is 0. The molecule has 0 heterocycles. The number of nitrogens with one attached hydrogen (secondary N) is 1. The fraction of sp³-hybridized carbons (Fsp3) is 0.500. The maximum atomic E-state index is 12.7. The molecule has 0 aliphatic carbocycles. The normalized spacial score (nSPS) is 11.2. The summed E-state index contributed by atoms with van der Waals surface area (Å²) < 4.78 is 37.6. The van der Waals surface area contributed by atoms with Gasteiger partial charge in [0.15, 0.2) is 0 Å². The zero-order chi connectivity index (χ0) is 36.5. The third kappa shape index (κ3) is 19.5. The number of amides is 1. The Morgan fingerprint density at radius 1 is 0.540 bits per heavy atom. The van der Waals surface area contributed by atoms with Crippen LogP contribution in [0.4, 0.5) is 0 Å². The van der Waals surface area contributed by atoms with Crippen molar-refractivity contribution in [2.75, 3.05) is 79.3 Å². The Hall–Kier alpha value is -4.45. The Kier molecular flexibility index (Phi) is 20.6. The molecule has 2 rings (SSSR count). The van der Waals surface area contributed by atoms with Gasteiger partial charge in [-0.15, -0.1) is 0 Å². The van der Waals surface area contributed by atoms with Gasteiger partial charge in [-0.25, -0.2) is 4.79 Å². The highest BCUT2D eigenvalue weighted by Crippen LogP contribution is 2.19. The van der Waals surface area contributed by atoms with Crippen LogP contribution in [0.3, 0.4) is 0 Å². The number of carbonyl (C=O) groups excluding carboxylic acids is 2. The molecule has 0 fully saturated rings. The number of rotatable bonds is 29. The van der Waals surface area contributed by atoms with Gasteiger partial charge in [-0.1, -0.05) is 54.6 Å². The van der Waals surface area contributed by atoms with E-state index in [1.54, 1.807) is 0 Å². The molecule has 0 aliphatic heterocycles. The summed E-state index contributed by atoms with van der Waals surface area (Å²) in [7, 11) is 0. The van der Waals surface area contributed by atoms with Crippen LogP contribution in [0, 0.1) is 0 Å². The van der Waals surface area contributed by atoms with Crippen LogP contribution >= 0.6 is 0 Å². The first-order valence-electron chi connectivity index (χ1n) is 15.8. The lowest BCUT2D eigenvalue weighted by molar-refractivity contribution is -0.151. The quantitative estimate of drug-likeness (QED) is 0.0699. The van der Waals surface area contributed by atoms with Gasteiger partial charge in [-0.2, -0.15) is 0 Å². The van der Waals surface area contributed by atoms with E-state index in [0.717, 1.165) is 16.7 Å². The maximum Gasteiger partial charge on any atom is 0.332 e. The molecule has 2 aromatic carbocycles. The van der Waals surface area contributed by atoms with Gasteiger partial charge in [0, 0.05) is 0 Å². The zero-order valence-corrected chi connectivity index (χ0v) is 27.8. The van der Waals surface area contributed by atoms with Gasteiger partial charge in [0.1, 0.15) is 25.4 Å². The van der Waals surface area contributed by atoms with Crippen molar-refractivity contribution in [1.29, 1.82) is 0 Å². The fourth-order valence-corrected chi connectivity index (χ4v) is 4.13. The Balaban J connectivity index is 1.67. The van der Waals surface area contributed by atoms with E-state index in [0.29, 0.717) is 0 Å². The first-order chi connectivity index (χ1) is 24.1. The predicted octanol–water partition coefficient (Wildman–Crippen LogP) is 1.78. The minimum absolute atomic E-state index is 0.0326. The van der Waals surface area contributed by atoms with Gasteiger partial charge in [0.05, 0.1) is 85.3 Å². The van der Waals surface area contributed by atoms with E-state index >= 15 is 0 Å². The number of carboxylic acids is 3. The minimum Gasteiger partial charge on any atom is -0.481 e. The van der Waals surface area contributed by atoms with Crippen LogP contribution in [0.25, 0.3) is 11.1 Å². The molecule has 276 valence electrons. The lowest BCUT2D eigenvalue weighted by Crippen LogP contribution is -2.59. The molecule has 16 nitrogen and oxygen atoms in total. The van der Waals surface area contributed by atoms with Crippen molar-refractivity contribution >= 4 is 29.8 Å². The molecule has 0 unspecified atom stereocenters. The molecule has 0 bridgehead atoms. The highest BCUT2D eigenvalue weighted by Gasteiger charge is 2.34. The summed E-state index contributed by atoms with van der Waals surface area (Å²) in [5.74, 6) is -4.44. The van der Waals surface area contributed by atoms with Gasteiger partial charge in [-0.3, -0.25) is 19.2 Å². The average molecular weight is 708 g/mol. The molecule has 2 aromatic rings. The number of hydrogen-bond donors (Lipinski definition) is 4. The van der Waals surface area contributed by atoms with Crippen LogP contribution in [0.1, 0.15) is 24.8 Å². The van der Waals surface area contributed by atoms with Crippen LogP contribution < -0.4 is 5.32 Å². The standard InChI is InChI=1S/C34H45NO15/c36-29(35-34(23-47-13-10-30(37)38,24-48-14-11-31(39)40)25-49-15-12-32(41)42)21-45-18-16-44-17-19-46-22-33(43)50-20-26-6-8-28(9-7-26)27-4-2-1-3-5-27/h1-9H,10-25H2,(H,35,36)(H,37,38)(H,39,40)(H,41,42). The minimum atomic E-state index is -1.40. The van der Waals surface area contributed by atoms with E-state index < -0.39 is 41.9 Å². The maximum absolute atomic E-state index is 12.7.